The highest BCUT2D eigenvalue weighted by Crippen LogP contribution is 2.30. The Morgan fingerprint density at radius 2 is 1.79 bits per heavy atom. The van der Waals surface area contributed by atoms with E-state index in [9.17, 15) is 14.9 Å². The summed E-state index contributed by atoms with van der Waals surface area (Å²) >= 11 is 0. The molecule has 0 bridgehead atoms. The number of benzene rings is 1. The van der Waals surface area contributed by atoms with E-state index in [1.54, 1.807) is 0 Å². The molecular formula is C28H41N7O4. The molecule has 0 spiro atoms. The van der Waals surface area contributed by atoms with Gasteiger partial charge < -0.3 is 25.6 Å². The molecule has 0 radical (unpaired) electrons. The molecule has 1 aromatic carbocycles. The summed E-state index contributed by atoms with van der Waals surface area (Å²) in [6.07, 6.45) is 8.04. The standard InChI is InChI=1S/C28H41N7O4/c1-28(2,3)39-27(36)32-18-22-8-6-7-21(15-22)17-30-26-31-19-24(35(37)38)25(33-26)29-16-20-9-11-23(12-10-20)34-13-4-5-14-34/h6-8,15,19-20,23H,4-5,9-14,16-18H2,1-3H3,(H,32,36)(H2,29,30,31,33)/t20-,23-. The fraction of sp³-hybridized carbons (Fsp3) is 0.607. The highest BCUT2D eigenvalue weighted by molar-refractivity contribution is 5.67. The second kappa shape index (κ2) is 13.1. The summed E-state index contributed by atoms with van der Waals surface area (Å²) < 4.78 is 5.28. The van der Waals surface area contributed by atoms with Crippen LogP contribution in [0.1, 0.15) is 70.4 Å². The van der Waals surface area contributed by atoms with Crippen molar-refractivity contribution >= 4 is 23.5 Å². The zero-order valence-corrected chi connectivity index (χ0v) is 23.2. The Kier molecular flexibility index (Phi) is 9.55. The fourth-order valence-electron chi connectivity index (χ4n) is 5.31. The summed E-state index contributed by atoms with van der Waals surface area (Å²) in [6.45, 7) is 9.34. The second-order valence-electron chi connectivity index (χ2n) is 11.5. The van der Waals surface area contributed by atoms with Crippen LogP contribution in [0, 0.1) is 16.0 Å². The van der Waals surface area contributed by atoms with Crippen molar-refractivity contribution in [2.75, 3.05) is 30.3 Å². The molecule has 1 saturated heterocycles. The second-order valence-corrected chi connectivity index (χ2v) is 11.5. The zero-order chi connectivity index (χ0) is 27.8. The van der Waals surface area contributed by atoms with Gasteiger partial charge >= 0.3 is 11.8 Å². The van der Waals surface area contributed by atoms with Crippen molar-refractivity contribution in [1.29, 1.82) is 0 Å². The molecule has 3 N–H and O–H groups in total. The Morgan fingerprint density at radius 3 is 2.46 bits per heavy atom. The zero-order valence-electron chi connectivity index (χ0n) is 23.2. The van der Waals surface area contributed by atoms with Gasteiger partial charge in [0.25, 0.3) is 0 Å². The van der Waals surface area contributed by atoms with Gasteiger partial charge in [0.05, 0.1) is 4.92 Å². The molecular weight excluding hydrogens is 498 g/mol. The molecule has 212 valence electrons. The molecule has 2 aromatic rings. The van der Waals surface area contributed by atoms with Crippen LogP contribution in [-0.2, 0) is 17.8 Å². The van der Waals surface area contributed by atoms with Gasteiger partial charge in [0.2, 0.25) is 11.8 Å². The minimum absolute atomic E-state index is 0.124. The molecule has 1 aliphatic heterocycles. The number of carbonyl (C=O) groups is 1. The predicted octanol–water partition coefficient (Wildman–Crippen LogP) is 5.09. The first-order valence-corrected chi connectivity index (χ1v) is 13.9. The molecule has 0 unspecified atom stereocenters. The van der Waals surface area contributed by atoms with E-state index in [4.69, 9.17) is 4.74 Å². The van der Waals surface area contributed by atoms with Crippen molar-refractivity contribution in [2.45, 2.75) is 84.0 Å². The Hall–Kier alpha value is -3.47. The predicted molar refractivity (Wildman–Crippen MR) is 151 cm³/mol. The van der Waals surface area contributed by atoms with Crippen molar-refractivity contribution in [2.24, 2.45) is 5.92 Å². The molecule has 39 heavy (non-hydrogen) atoms. The number of rotatable bonds is 10. The number of ether oxygens (including phenoxy) is 1. The molecule has 11 nitrogen and oxygen atoms in total. The average Bonchev–Trinajstić information content (AvgIpc) is 3.44. The minimum Gasteiger partial charge on any atom is -0.444 e. The Bertz CT molecular complexity index is 1120. The molecule has 2 aliphatic rings. The van der Waals surface area contributed by atoms with Crippen molar-refractivity contribution in [3.8, 4) is 0 Å². The van der Waals surface area contributed by atoms with E-state index in [0.717, 1.165) is 24.0 Å². The minimum atomic E-state index is -0.554. The monoisotopic (exact) mass is 539 g/mol. The maximum atomic E-state index is 11.9. The number of anilines is 2. The van der Waals surface area contributed by atoms with Gasteiger partial charge in [-0.2, -0.15) is 4.98 Å². The highest BCUT2D eigenvalue weighted by Gasteiger charge is 2.28. The van der Waals surface area contributed by atoms with Crippen LogP contribution in [0.3, 0.4) is 0 Å². The molecule has 11 heteroatoms. The number of amides is 1. The van der Waals surface area contributed by atoms with E-state index in [1.165, 1.54) is 45.0 Å². The maximum absolute atomic E-state index is 11.9. The Balaban J connectivity index is 1.29. The molecule has 1 aromatic heterocycles. The summed E-state index contributed by atoms with van der Waals surface area (Å²) in [5.74, 6) is 1.04. The van der Waals surface area contributed by atoms with Gasteiger partial charge in [0.1, 0.15) is 11.8 Å². The first-order valence-electron chi connectivity index (χ1n) is 13.9. The van der Waals surface area contributed by atoms with Crippen LogP contribution < -0.4 is 16.0 Å². The van der Waals surface area contributed by atoms with E-state index < -0.39 is 16.6 Å². The maximum Gasteiger partial charge on any atom is 0.407 e. The van der Waals surface area contributed by atoms with Crippen LogP contribution in [0.5, 0.6) is 0 Å². The summed E-state index contributed by atoms with van der Waals surface area (Å²) in [4.78, 5) is 34.3. The van der Waals surface area contributed by atoms with Crippen LogP contribution in [0.15, 0.2) is 30.5 Å². The van der Waals surface area contributed by atoms with Crippen LogP contribution >= 0.6 is 0 Å². The normalized spacial score (nSPS) is 19.9. The number of aromatic nitrogens is 2. The van der Waals surface area contributed by atoms with Crippen molar-refractivity contribution in [3.05, 3.63) is 51.7 Å². The molecule has 1 saturated carbocycles. The van der Waals surface area contributed by atoms with Gasteiger partial charge in [-0.1, -0.05) is 24.3 Å². The van der Waals surface area contributed by atoms with Crippen LogP contribution in [0.2, 0.25) is 0 Å². The number of nitrogens with zero attached hydrogens (tertiary/aromatic N) is 4. The van der Waals surface area contributed by atoms with Gasteiger partial charge in [0, 0.05) is 25.7 Å². The highest BCUT2D eigenvalue weighted by atomic mass is 16.6. The third-order valence-electron chi connectivity index (χ3n) is 7.28. The number of likely N-dealkylation sites (tertiary alicyclic amines) is 1. The summed E-state index contributed by atoms with van der Waals surface area (Å²) in [6, 6.07) is 8.44. The molecule has 1 amide bonds. The van der Waals surface area contributed by atoms with E-state index in [2.05, 4.69) is 30.8 Å². The molecule has 0 atom stereocenters. The molecule has 2 heterocycles. The number of hydrogen-bond donors (Lipinski definition) is 3. The van der Waals surface area contributed by atoms with E-state index in [1.807, 2.05) is 45.0 Å². The lowest BCUT2D eigenvalue weighted by molar-refractivity contribution is -0.384. The van der Waals surface area contributed by atoms with Crippen molar-refractivity contribution in [3.63, 3.8) is 0 Å². The van der Waals surface area contributed by atoms with Crippen LogP contribution in [0.25, 0.3) is 0 Å². The van der Waals surface area contributed by atoms with Gasteiger partial charge in [-0.05, 0) is 89.4 Å². The lowest BCUT2D eigenvalue weighted by Gasteiger charge is -2.34. The summed E-state index contributed by atoms with van der Waals surface area (Å²) in [5.41, 5.74) is 1.21. The van der Waals surface area contributed by atoms with E-state index in [-0.39, 0.29) is 11.5 Å². The third kappa shape index (κ3) is 8.77. The van der Waals surface area contributed by atoms with Gasteiger partial charge in [-0.15, -0.1) is 0 Å². The Labute approximate surface area is 230 Å². The van der Waals surface area contributed by atoms with E-state index in [0.29, 0.717) is 37.5 Å². The lowest BCUT2D eigenvalue weighted by Crippen LogP contribution is -2.37. The molecule has 2 fully saturated rings. The molecule has 4 rings (SSSR count). The lowest BCUT2D eigenvalue weighted by atomic mass is 9.85. The van der Waals surface area contributed by atoms with E-state index >= 15 is 0 Å². The quantitative estimate of drug-likeness (QED) is 0.279. The summed E-state index contributed by atoms with van der Waals surface area (Å²) in [5, 5.41) is 20.8. The number of nitro groups is 1. The summed E-state index contributed by atoms with van der Waals surface area (Å²) in [7, 11) is 0. The van der Waals surface area contributed by atoms with Crippen LogP contribution in [-0.4, -0.2) is 57.2 Å². The first kappa shape index (κ1) is 28.5. The van der Waals surface area contributed by atoms with Crippen LogP contribution in [0.4, 0.5) is 22.2 Å². The largest absolute Gasteiger partial charge is 0.444 e. The van der Waals surface area contributed by atoms with Gasteiger partial charge in [-0.25, -0.2) is 9.78 Å². The van der Waals surface area contributed by atoms with Crippen molar-refractivity contribution in [1.82, 2.24) is 20.2 Å². The van der Waals surface area contributed by atoms with Gasteiger partial charge in [-0.3, -0.25) is 10.1 Å². The smallest absolute Gasteiger partial charge is 0.407 e. The number of nitrogens with one attached hydrogen (secondary N) is 3. The number of alkyl carbamates (subject to hydrolysis) is 1. The number of hydrogen-bond acceptors (Lipinski definition) is 9. The average molecular weight is 540 g/mol. The first-order chi connectivity index (χ1) is 18.7. The Morgan fingerprint density at radius 1 is 1.10 bits per heavy atom. The van der Waals surface area contributed by atoms with Gasteiger partial charge in [0.15, 0.2) is 0 Å². The third-order valence-corrected chi connectivity index (χ3v) is 7.28. The molecule has 1 aliphatic carbocycles. The topological polar surface area (TPSA) is 135 Å². The van der Waals surface area contributed by atoms with Crippen molar-refractivity contribution < 1.29 is 14.5 Å². The SMILES string of the molecule is CC(C)(C)OC(=O)NCc1cccc(CNc2ncc([N+](=O)[O-])c(NC[C@H]3CC[C@H](N4CCCC4)CC3)n2)c1. The fourth-order valence-corrected chi connectivity index (χ4v) is 5.31. The number of carbonyl (C=O) groups excluding carboxylic acids is 1.